The molecule has 0 saturated carbocycles. The van der Waals surface area contributed by atoms with Gasteiger partial charge in [0.05, 0.1) is 12.0 Å². The summed E-state index contributed by atoms with van der Waals surface area (Å²) in [5, 5.41) is 0. The molecular weight excluding hydrogens is 378 g/mol. The molecule has 1 amide bonds. The number of amides is 1. The molecule has 0 N–H and O–H groups in total. The molecule has 0 unspecified atom stereocenters. The van der Waals surface area contributed by atoms with Crippen LogP contribution in [0, 0.1) is 27.7 Å². The summed E-state index contributed by atoms with van der Waals surface area (Å²) in [5.74, 6) is 1.55. The first-order valence-electron chi connectivity index (χ1n) is 10.6. The van der Waals surface area contributed by atoms with E-state index in [2.05, 4.69) is 0 Å². The molecule has 0 bridgehead atoms. The number of hydrogen-bond acceptors (Lipinski definition) is 4. The van der Waals surface area contributed by atoms with Gasteiger partial charge in [-0.05, 0) is 56.5 Å². The molecule has 2 aliphatic heterocycles. The fourth-order valence-electron chi connectivity index (χ4n) is 4.65. The summed E-state index contributed by atoms with van der Waals surface area (Å²) in [7, 11) is 0. The number of ether oxygens (including phenoxy) is 2. The number of nitrogens with zero attached hydrogens (tertiary/aromatic N) is 1. The van der Waals surface area contributed by atoms with E-state index in [9.17, 15) is 9.59 Å². The predicted octanol–water partition coefficient (Wildman–Crippen LogP) is 4.33. The first-order valence-corrected chi connectivity index (χ1v) is 10.6. The maximum atomic E-state index is 12.8. The lowest BCUT2D eigenvalue weighted by molar-refractivity contribution is -0.136. The Bertz CT molecular complexity index is 1000. The van der Waals surface area contributed by atoms with Crippen molar-refractivity contribution in [3.63, 3.8) is 0 Å². The molecule has 2 aliphatic rings. The molecule has 5 heteroatoms. The second-order valence-electron chi connectivity index (χ2n) is 8.78. The Kier molecular flexibility index (Phi) is 5.31. The Balaban J connectivity index is 1.38. The Morgan fingerprint density at radius 1 is 1.03 bits per heavy atom. The molecule has 0 radical (unpaired) electrons. The molecule has 2 aromatic rings. The van der Waals surface area contributed by atoms with Gasteiger partial charge in [0.25, 0.3) is 5.91 Å². The summed E-state index contributed by atoms with van der Waals surface area (Å²) in [6.45, 7) is 9.16. The van der Waals surface area contributed by atoms with Crippen LogP contribution in [0.4, 0.5) is 0 Å². The van der Waals surface area contributed by atoms with Crippen LogP contribution in [0.3, 0.4) is 0 Å². The first-order chi connectivity index (χ1) is 14.3. The Labute approximate surface area is 178 Å². The van der Waals surface area contributed by atoms with Gasteiger partial charge < -0.3 is 14.4 Å². The zero-order valence-corrected chi connectivity index (χ0v) is 18.2. The van der Waals surface area contributed by atoms with E-state index in [1.54, 1.807) is 0 Å². The number of ketones is 1. The van der Waals surface area contributed by atoms with E-state index >= 15 is 0 Å². The number of rotatable bonds is 3. The van der Waals surface area contributed by atoms with Crippen molar-refractivity contribution in [3.8, 4) is 11.5 Å². The number of carbonyl (C=O) groups excluding carboxylic acids is 2. The standard InChI is InChI=1S/C25H29NO4/c1-16-5-6-21(18(3)11-16)29-15-23(28)26-9-7-25(8-10-26)14-20(27)24-19(4)12-17(2)13-22(24)30-25/h5-6,11-13H,7-10,14-15H2,1-4H3. The molecular formula is C25H29NO4. The molecule has 0 atom stereocenters. The minimum atomic E-state index is -0.504. The molecule has 1 fully saturated rings. The maximum Gasteiger partial charge on any atom is 0.260 e. The average molecular weight is 408 g/mol. The summed E-state index contributed by atoms with van der Waals surface area (Å²) in [6, 6.07) is 9.91. The van der Waals surface area contributed by atoms with Gasteiger partial charge in [-0.1, -0.05) is 23.8 Å². The van der Waals surface area contributed by atoms with E-state index < -0.39 is 5.60 Å². The second kappa shape index (κ2) is 7.78. The minimum Gasteiger partial charge on any atom is -0.486 e. The van der Waals surface area contributed by atoms with Crippen LogP contribution in [0.1, 0.15) is 51.9 Å². The van der Waals surface area contributed by atoms with Crippen LogP contribution in [0.5, 0.6) is 11.5 Å². The molecule has 0 aliphatic carbocycles. The van der Waals surface area contributed by atoms with Gasteiger partial charge in [-0.3, -0.25) is 9.59 Å². The van der Waals surface area contributed by atoms with Crippen molar-refractivity contribution in [2.75, 3.05) is 19.7 Å². The van der Waals surface area contributed by atoms with E-state index in [0.29, 0.717) is 43.7 Å². The van der Waals surface area contributed by atoms with E-state index in [1.807, 2.05) is 62.9 Å². The number of aryl methyl sites for hydroxylation is 4. The third-order valence-corrected chi connectivity index (χ3v) is 6.24. The largest absolute Gasteiger partial charge is 0.486 e. The van der Waals surface area contributed by atoms with Crippen LogP contribution < -0.4 is 9.47 Å². The van der Waals surface area contributed by atoms with Crippen molar-refractivity contribution in [3.05, 3.63) is 58.1 Å². The highest BCUT2D eigenvalue weighted by Crippen LogP contribution is 2.41. The number of likely N-dealkylation sites (tertiary alicyclic amines) is 1. The lowest BCUT2D eigenvalue weighted by atomic mass is 9.81. The fourth-order valence-corrected chi connectivity index (χ4v) is 4.65. The molecule has 2 aromatic carbocycles. The fraction of sp³-hybridized carbons (Fsp3) is 0.440. The van der Waals surface area contributed by atoms with Crippen LogP contribution in [0.25, 0.3) is 0 Å². The van der Waals surface area contributed by atoms with E-state index in [-0.39, 0.29) is 18.3 Å². The van der Waals surface area contributed by atoms with Crippen molar-refractivity contribution >= 4 is 11.7 Å². The molecule has 1 spiro atoms. The molecule has 158 valence electrons. The normalized spacial score (nSPS) is 17.5. The van der Waals surface area contributed by atoms with Crippen LogP contribution in [-0.4, -0.2) is 41.9 Å². The minimum absolute atomic E-state index is 0.0257. The third kappa shape index (κ3) is 3.93. The molecule has 2 heterocycles. The van der Waals surface area contributed by atoms with Crippen molar-refractivity contribution in [1.29, 1.82) is 0 Å². The maximum absolute atomic E-state index is 12.8. The number of fused-ring (bicyclic) bond motifs is 1. The predicted molar refractivity (Wildman–Crippen MR) is 115 cm³/mol. The highest BCUT2D eigenvalue weighted by molar-refractivity contribution is 6.01. The van der Waals surface area contributed by atoms with Crippen molar-refractivity contribution in [2.45, 2.75) is 52.6 Å². The molecule has 1 saturated heterocycles. The molecule has 30 heavy (non-hydrogen) atoms. The zero-order chi connectivity index (χ0) is 21.5. The van der Waals surface area contributed by atoms with Crippen LogP contribution in [0.2, 0.25) is 0 Å². The van der Waals surface area contributed by atoms with Gasteiger partial charge in [0.2, 0.25) is 0 Å². The van der Waals surface area contributed by atoms with Gasteiger partial charge >= 0.3 is 0 Å². The molecule has 4 rings (SSSR count). The van der Waals surface area contributed by atoms with Crippen molar-refractivity contribution < 1.29 is 19.1 Å². The Morgan fingerprint density at radius 2 is 1.73 bits per heavy atom. The smallest absolute Gasteiger partial charge is 0.260 e. The first kappa shape index (κ1) is 20.5. The van der Waals surface area contributed by atoms with Gasteiger partial charge in [0.1, 0.15) is 17.1 Å². The summed E-state index contributed by atoms with van der Waals surface area (Å²) in [6.07, 6.45) is 1.69. The lowest BCUT2D eigenvalue weighted by Crippen LogP contribution is -2.53. The number of carbonyl (C=O) groups is 2. The quantitative estimate of drug-likeness (QED) is 0.760. The number of Topliss-reactive ketones (excluding diaryl/α,β-unsaturated/α-hetero) is 1. The topological polar surface area (TPSA) is 55.8 Å². The zero-order valence-electron chi connectivity index (χ0n) is 18.2. The highest BCUT2D eigenvalue weighted by Gasteiger charge is 2.44. The summed E-state index contributed by atoms with van der Waals surface area (Å²) in [4.78, 5) is 27.3. The van der Waals surface area contributed by atoms with Gasteiger partial charge in [0, 0.05) is 25.9 Å². The van der Waals surface area contributed by atoms with Crippen LogP contribution in [0.15, 0.2) is 30.3 Å². The van der Waals surface area contributed by atoms with Crippen molar-refractivity contribution in [2.24, 2.45) is 0 Å². The van der Waals surface area contributed by atoms with E-state index in [1.165, 1.54) is 5.56 Å². The average Bonchev–Trinajstić information content (AvgIpc) is 2.66. The Hall–Kier alpha value is -2.82. The van der Waals surface area contributed by atoms with E-state index in [0.717, 1.165) is 22.4 Å². The van der Waals surface area contributed by atoms with Gasteiger partial charge in [0.15, 0.2) is 12.4 Å². The van der Waals surface area contributed by atoms with Crippen LogP contribution >= 0.6 is 0 Å². The SMILES string of the molecule is Cc1ccc(OCC(=O)N2CCC3(CC2)CC(=O)c2c(C)cc(C)cc2O3)c(C)c1. The molecule has 0 aromatic heterocycles. The van der Waals surface area contributed by atoms with Crippen LogP contribution in [-0.2, 0) is 4.79 Å². The number of benzene rings is 2. The second-order valence-corrected chi connectivity index (χ2v) is 8.78. The highest BCUT2D eigenvalue weighted by atomic mass is 16.5. The Morgan fingerprint density at radius 3 is 2.43 bits per heavy atom. The van der Waals surface area contributed by atoms with Crippen molar-refractivity contribution in [1.82, 2.24) is 4.90 Å². The van der Waals surface area contributed by atoms with E-state index in [4.69, 9.17) is 9.47 Å². The van der Waals surface area contributed by atoms with Gasteiger partial charge in [-0.15, -0.1) is 0 Å². The summed E-state index contributed by atoms with van der Waals surface area (Å²) in [5.41, 5.74) is 4.47. The lowest BCUT2D eigenvalue weighted by Gasteiger charge is -2.44. The molecule has 5 nitrogen and oxygen atoms in total. The summed E-state index contributed by atoms with van der Waals surface area (Å²) >= 11 is 0. The number of piperidine rings is 1. The monoisotopic (exact) mass is 407 g/mol. The van der Waals surface area contributed by atoms with Gasteiger partial charge in [-0.2, -0.15) is 0 Å². The summed E-state index contributed by atoms with van der Waals surface area (Å²) < 4.78 is 12.1. The number of hydrogen-bond donors (Lipinski definition) is 0. The van der Waals surface area contributed by atoms with Gasteiger partial charge in [-0.25, -0.2) is 0 Å². The third-order valence-electron chi connectivity index (χ3n) is 6.24.